The van der Waals surface area contributed by atoms with E-state index in [1.54, 1.807) is 0 Å². The summed E-state index contributed by atoms with van der Waals surface area (Å²) in [4.78, 5) is 0. The van der Waals surface area contributed by atoms with Gasteiger partial charge >= 0.3 is 0 Å². The van der Waals surface area contributed by atoms with Gasteiger partial charge in [-0.25, -0.2) is 0 Å². The third kappa shape index (κ3) is 5.89. The molecule has 0 aromatic heterocycles. The first-order valence-corrected chi connectivity index (χ1v) is 3.44. The summed E-state index contributed by atoms with van der Waals surface area (Å²) in [5.74, 6) is 0. The highest BCUT2D eigenvalue weighted by Gasteiger charge is 1.81. The molecule has 0 bridgehead atoms. The number of hydrogen-bond acceptors (Lipinski definition) is 2. The van der Waals surface area contributed by atoms with Gasteiger partial charge in [-0.1, -0.05) is 19.8 Å². The van der Waals surface area contributed by atoms with E-state index in [0.29, 0.717) is 0 Å². The van der Waals surface area contributed by atoms with E-state index in [-0.39, 0.29) is 0 Å². The van der Waals surface area contributed by atoms with Gasteiger partial charge in [-0.2, -0.15) is 0 Å². The first kappa shape index (κ1) is 7.89. The minimum Gasteiger partial charge on any atom is -0.490 e. The number of ether oxygens (including phenoxy) is 1. The number of unbranched alkanes of at least 4 members (excludes halogenated alkanes) is 2. The van der Waals surface area contributed by atoms with Crippen molar-refractivity contribution in [1.29, 1.82) is 0 Å². The Labute approximate surface area is 56.0 Å². The molecule has 0 radical (unpaired) electrons. The Morgan fingerprint density at radius 2 is 2.25 bits per heavy atom. The third-order valence-corrected chi connectivity index (χ3v) is 1.07. The Bertz CT molecular complexity index is 54.5. The van der Waals surface area contributed by atoms with E-state index in [1.165, 1.54) is 18.4 Å². The Kier molecular flexibility index (Phi) is 6.80. The molecule has 0 unspecified atom stereocenters. The van der Waals surface area contributed by atoms with Crippen LogP contribution in [0, 0.1) is 0 Å². The van der Waals surface area contributed by atoms with Crippen LogP contribution in [0.1, 0.15) is 26.2 Å². The molecule has 0 N–H and O–H groups in total. The van der Waals surface area contributed by atoms with E-state index >= 15 is 0 Å². The zero-order valence-electron chi connectivity index (χ0n) is 5.22. The lowest BCUT2D eigenvalue weighted by atomic mass is 10.3. The van der Waals surface area contributed by atoms with E-state index in [2.05, 4.69) is 19.1 Å². The van der Waals surface area contributed by atoms with Crippen LogP contribution in [0.3, 0.4) is 0 Å². The van der Waals surface area contributed by atoms with Crippen molar-refractivity contribution >= 4 is 17.8 Å². The number of hydrogen-bond donors (Lipinski definition) is 0. The molecule has 0 aromatic carbocycles. The normalized spacial score (nSPS) is 8.62. The van der Waals surface area contributed by atoms with Crippen molar-refractivity contribution < 1.29 is 4.74 Å². The van der Waals surface area contributed by atoms with Crippen LogP contribution < -0.4 is 0 Å². The predicted octanol–water partition coefficient (Wildman–Crippen LogP) is 2.15. The second kappa shape index (κ2) is 6.89. The maximum absolute atomic E-state index is 4.83. The van der Waals surface area contributed by atoms with Crippen molar-refractivity contribution in [2.45, 2.75) is 26.2 Å². The molecule has 0 amide bonds. The lowest BCUT2D eigenvalue weighted by Crippen LogP contribution is -1.88. The summed E-state index contributed by atoms with van der Waals surface area (Å²) in [6, 6.07) is 0. The Hall–Kier alpha value is -0.110. The lowest BCUT2D eigenvalue weighted by Gasteiger charge is -1.95. The van der Waals surface area contributed by atoms with Crippen LogP contribution in [0.4, 0.5) is 0 Å². The van der Waals surface area contributed by atoms with E-state index in [1.807, 2.05) is 0 Å². The van der Waals surface area contributed by atoms with Gasteiger partial charge in [0, 0.05) is 0 Å². The summed E-state index contributed by atoms with van der Waals surface area (Å²) in [6.45, 7) is 2.95. The van der Waals surface area contributed by atoms with Crippen LogP contribution in [0.15, 0.2) is 0 Å². The summed E-state index contributed by atoms with van der Waals surface area (Å²) in [7, 11) is 0. The molecule has 0 heterocycles. The summed E-state index contributed by atoms with van der Waals surface area (Å²) in [6.07, 6.45) is 3.60. The summed E-state index contributed by atoms with van der Waals surface area (Å²) in [5, 5.41) is 0. The Morgan fingerprint density at radius 1 is 1.50 bits per heavy atom. The van der Waals surface area contributed by atoms with E-state index in [9.17, 15) is 0 Å². The van der Waals surface area contributed by atoms with Crippen LogP contribution in [-0.2, 0) is 4.74 Å². The van der Waals surface area contributed by atoms with Gasteiger partial charge in [0.15, 0.2) is 0 Å². The summed E-state index contributed by atoms with van der Waals surface area (Å²) < 4.78 is 4.83. The molecule has 0 aromatic rings. The molecule has 8 heavy (non-hydrogen) atoms. The molecule has 0 atom stereocenters. The SMILES string of the molecule is CCCCCOC=S. The highest BCUT2D eigenvalue weighted by atomic mass is 32.1. The Balaban J connectivity index is 2.62. The molecule has 48 valence electrons. The zero-order chi connectivity index (χ0) is 6.24. The summed E-state index contributed by atoms with van der Waals surface area (Å²) >= 11 is 4.45. The maximum Gasteiger partial charge on any atom is 0.146 e. The fraction of sp³-hybridized carbons (Fsp3) is 0.833. The van der Waals surface area contributed by atoms with Crippen LogP contribution in [-0.4, -0.2) is 12.2 Å². The highest BCUT2D eigenvalue weighted by molar-refractivity contribution is 7.78. The second-order valence-electron chi connectivity index (χ2n) is 1.67. The fourth-order valence-electron chi connectivity index (χ4n) is 0.484. The summed E-state index contributed by atoms with van der Waals surface area (Å²) in [5.41, 5.74) is 1.33. The van der Waals surface area contributed by atoms with Crippen molar-refractivity contribution in [3.05, 3.63) is 0 Å². The van der Waals surface area contributed by atoms with Gasteiger partial charge in [-0.05, 0) is 18.6 Å². The molecular weight excluding hydrogens is 120 g/mol. The van der Waals surface area contributed by atoms with Crippen LogP contribution >= 0.6 is 12.2 Å². The second-order valence-corrected chi connectivity index (χ2v) is 1.87. The maximum atomic E-state index is 4.83. The van der Waals surface area contributed by atoms with Gasteiger partial charge in [-0.15, -0.1) is 0 Å². The van der Waals surface area contributed by atoms with Gasteiger partial charge in [0.05, 0.1) is 6.61 Å². The van der Waals surface area contributed by atoms with Gasteiger partial charge in [0.2, 0.25) is 0 Å². The van der Waals surface area contributed by atoms with Crippen LogP contribution in [0.25, 0.3) is 0 Å². The predicted molar refractivity (Wildman–Crippen MR) is 39.1 cm³/mol. The van der Waals surface area contributed by atoms with Gasteiger partial charge in [0.1, 0.15) is 5.55 Å². The smallest absolute Gasteiger partial charge is 0.146 e. The minimum absolute atomic E-state index is 0.789. The lowest BCUT2D eigenvalue weighted by molar-refractivity contribution is 0.314. The van der Waals surface area contributed by atoms with Crippen molar-refractivity contribution in [2.24, 2.45) is 0 Å². The third-order valence-electron chi connectivity index (χ3n) is 0.934. The molecule has 0 aliphatic rings. The Morgan fingerprint density at radius 3 is 2.75 bits per heavy atom. The molecule has 1 nitrogen and oxygen atoms in total. The molecule has 0 saturated heterocycles. The molecule has 0 fully saturated rings. The fourth-order valence-corrected chi connectivity index (χ4v) is 0.580. The molecule has 2 heteroatoms. The van der Waals surface area contributed by atoms with Crippen LogP contribution in [0.2, 0.25) is 0 Å². The van der Waals surface area contributed by atoms with E-state index in [0.717, 1.165) is 13.0 Å². The van der Waals surface area contributed by atoms with E-state index in [4.69, 9.17) is 4.74 Å². The number of rotatable bonds is 5. The topological polar surface area (TPSA) is 9.23 Å². The van der Waals surface area contributed by atoms with Crippen molar-refractivity contribution in [3.63, 3.8) is 0 Å². The monoisotopic (exact) mass is 132 g/mol. The average molecular weight is 132 g/mol. The molecule has 0 spiro atoms. The van der Waals surface area contributed by atoms with Crippen molar-refractivity contribution in [2.75, 3.05) is 6.61 Å². The van der Waals surface area contributed by atoms with Crippen molar-refractivity contribution in [1.82, 2.24) is 0 Å². The molecule has 0 saturated carbocycles. The number of thiocarbonyl (C=S) groups is 1. The minimum atomic E-state index is 0.789. The van der Waals surface area contributed by atoms with E-state index < -0.39 is 0 Å². The van der Waals surface area contributed by atoms with Gasteiger partial charge < -0.3 is 4.74 Å². The average Bonchev–Trinajstić information content (AvgIpc) is 1.81. The highest BCUT2D eigenvalue weighted by Crippen LogP contribution is 1.92. The van der Waals surface area contributed by atoms with Crippen LogP contribution in [0.5, 0.6) is 0 Å². The largest absolute Gasteiger partial charge is 0.490 e. The van der Waals surface area contributed by atoms with Gasteiger partial charge in [-0.3, -0.25) is 0 Å². The molecular formula is C6H12OS. The first-order valence-electron chi connectivity index (χ1n) is 2.97. The first-order chi connectivity index (χ1) is 3.91. The molecule has 0 rings (SSSR count). The standard InChI is InChI=1S/C6H12OS/c1-2-3-4-5-7-6-8/h6H,2-5H2,1H3. The quantitative estimate of drug-likeness (QED) is 0.418. The zero-order valence-corrected chi connectivity index (χ0v) is 6.04. The van der Waals surface area contributed by atoms with Crippen molar-refractivity contribution in [3.8, 4) is 0 Å². The molecule has 0 aliphatic carbocycles. The molecule has 0 aliphatic heterocycles. The van der Waals surface area contributed by atoms with Gasteiger partial charge in [0.25, 0.3) is 0 Å².